The maximum atomic E-state index is 13.1. The van der Waals surface area contributed by atoms with Gasteiger partial charge >= 0.3 is 0 Å². The van der Waals surface area contributed by atoms with Crippen molar-refractivity contribution in [3.63, 3.8) is 0 Å². The van der Waals surface area contributed by atoms with Crippen LogP contribution in [0.5, 0.6) is 5.75 Å². The number of amides is 1. The van der Waals surface area contributed by atoms with Gasteiger partial charge in [0, 0.05) is 44.0 Å². The Morgan fingerprint density at radius 2 is 1.75 bits per heavy atom. The SMILES string of the molecule is CCCN1C(C)=NS(=O)(=O)c2cc(C(=O)N3CCN(c4ccc(OC)cc4)CC3)ccc21. The number of hydrogen-bond acceptors (Lipinski definition) is 6. The van der Waals surface area contributed by atoms with Gasteiger partial charge in [0.05, 0.1) is 12.8 Å². The highest BCUT2D eigenvalue weighted by molar-refractivity contribution is 7.90. The van der Waals surface area contributed by atoms with Crippen molar-refractivity contribution in [2.45, 2.75) is 25.2 Å². The maximum Gasteiger partial charge on any atom is 0.286 e. The summed E-state index contributed by atoms with van der Waals surface area (Å²) in [5, 5.41) is 0. The molecule has 2 aromatic carbocycles. The van der Waals surface area contributed by atoms with Crippen LogP contribution >= 0.6 is 0 Å². The molecule has 0 atom stereocenters. The van der Waals surface area contributed by atoms with Gasteiger partial charge in [-0.3, -0.25) is 4.79 Å². The number of rotatable bonds is 5. The number of methoxy groups -OCH3 is 1. The van der Waals surface area contributed by atoms with Crippen molar-refractivity contribution in [1.29, 1.82) is 0 Å². The second-order valence-corrected chi connectivity index (χ2v) is 9.50. The number of carbonyl (C=O) groups excluding carboxylic acids is 1. The van der Waals surface area contributed by atoms with Gasteiger partial charge in [-0.25, -0.2) is 0 Å². The molecule has 0 spiro atoms. The molecule has 170 valence electrons. The summed E-state index contributed by atoms with van der Waals surface area (Å²) in [5.74, 6) is 1.10. The second-order valence-electron chi connectivity index (χ2n) is 7.92. The molecule has 2 aliphatic heterocycles. The Balaban J connectivity index is 1.50. The minimum absolute atomic E-state index is 0.0965. The zero-order chi connectivity index (χ0) is 22.9. The molecule has 0 saturated carbocycles. The van der Waals surface area contributed by atoms with E-state index in [1.807, 2.05) is 36.1 Å². The van der Waals surface area contributed by atoms with E-state index in [2.05, 4.69) is 9.30 Å². The third-order valence-electron chi connectivity index (χ3n) is 5.87. The molecule has 1 fully saturated rings. The van der Waals surface area contributed by atoms with Crippen molar-refractivity contribution < 1.29 is 17.9 Å². The van der Waals surface area contributed by atoms with Crippen LogP contribution in [0.1, 0.15) is 30.6 Å². The van der Waals surface area contributed by atoms with E-state index in [0.29, 0.717) is 49.8 Å². The first kappa shape index (κ1) is 22.1. The molecule has 2 aliphatic rings. The molecule has 32 heavy (non-hydrogen) atoms. The van der Waals surface area contributed by atoms with Gasteiger partial charge in [0.1, 0.15) is 16.5 Å². The quantitative estimate of drug-likeness (QED) is 0.688. The summed E-state index contributed by atoms with van der Waals surface area (Å²) in [6.07, 6.45) is 0.853. The summed E-state index contributed by atoms with van der Waals surface area (Å²) in [6, 6.07) is 12.8. The molecule has 1 amide bonds. The van der Waals surface area contributed by atoms with E-state index < -0.39 is 10.0 Å². The highest BCUT2D eigenvalue weighted by Gasteiger charge is 2.30. The van der Waals surface area contributed by atoms with Gasteiger partial charge in [-0.15, -0.1) is 4.40 Å². The third-order valence-corrected chi connectivity index (χ3v) is 7.26. The molecular formula is C23H28N4O4S. The minimum atomic E-state index is -3.82. The van der Waals surface area contributed by atoms with Crippen LogP contribution in [0.25, 0.3) is 0 Å². The van der Waals surface area contributed by atoms with Crippen molar-refractivity contribution in [1.82, 2.24) is 4.90 Å². The average molecular weight is 457 g/mol. The molecule has 0 aromatic heterocycles. The van der Waals surface area contributed by atoms with Crippen molar-refractivity contribution >= 4 is 33.1 Å². The summed E-state index contributed by atoms with van der Waals surface area (Å²) in [5.41, 5.74) is 2.04. The monoisotopic (exact) mass is 456 g/mol. The summed E-state index contributed by atoms with van der Waals surface area (Å²) in [7, 11) is -2.18. The summed E-state index contributed by atoms with van der Waals surface area (Å²) in [6.45, 7) is 6.92. The lowest BCUT2D eigenvalue weighted by molar-refractivity contribution is 0.0746. The number of nitrogens with zero attached hydrogens (tertiary/aromatic N) is 4. The first-order valence-electron chi connectivity index (χ1n) is 10.8. The standard InChI is InChI=1S/C23H28N4O4S/c1-4-11-27-17(2)24-32(29,30)22-16-18(5-10-21(22)27)23(28)26-14-12-25(13-15-26)19-6-8-20(31-3)9-7-19/h5-10,16H,4,11-15H2,1-3H3. The topological polar surface area (TPSA) is 82.5 Å². The number of benzene rings is 2. The molecule has 2 aromatic rings. The smallest absolute Gasteiger partial charge is 0.286 e. The van der Waals surface area contributed by atoms with Gasteiger partial charge in [-0.05, 0) is 55.8 Å². The highest BCUT2D eigenvalue weighted by atomic mass is 32.2. The number of ether oxygens (including phenoxy) is 1. The van der Waals surface area contributed by atoms with E-state index in [4.69, 9.17) is 4.74 Å². The first-order chi connectivity index (χ1) is 15.3. The van der Waals surface area contributed by atoms with E-state index in [9.17, 15) is 13.2 Å². The molecular weight excluding hydrogens is 428 g/mol. The summed E-state index contributed by atoms with van der Waals surface area (Å²) >= 11 is 0. The molecule has 4 rings (SSSR count). The molecule has 0 unspecified atom stereocenters. The molecule has 2 heterocycles. The van der Waals surface area contributed by atoms with Crippen LogP contribution in [0.15, 0.2) is 51.8 Å². The molecule has 9 heteroatoms. The van der Waals surface area contributed by atoms with Crippen LogP contribution in [-0.2, 0) is 10.0 Å². The highest BCUT2D eigenvalue weighted by Crippen LogP contribution is 2.33. The fourth-order valence-corrected chi connectivity index (χ4v) is 5.44. The lowest BCUT2D eigenvalue weighted by Crippen LogP contribution is -2.48. The second kappa shape index (κ2) is 8.82. The van der Waals surface area contributed by atoms with Crippen LogP contribution in [0.4, 0.5) is 11.4 Å². The Morgan fingerprint density at radius 1 is 1.06 bits per heavy atom. The Labute approximate surface area is 189 Å². The zero-order valence-electron chi connectivity index (χ0n) is 18.6. The molecule has 1 saturated heterocycles. The fraction of sp³-hybridized carbons (Fsp3) is 0.391. The molecule has 0 N–H and O–H groups in total. The number of piperazine rings is 1. The lowest BCUT2D eigenvalue weighted by Gasteiger charge is -2.36. The molecule has 8 nitrogen and oxygen atoms in total. The van der Waals surface area contributed by atoms with Crippen LogP contribution in [0.2, 0.25) is 0 Å². The molecule has 0 radical (unpaired) electrons. The number of fused-ring (bicyclic) bond motifs is 1. The van der Waals surface area contributed by atoms with E-state index in [1.165, 1.54) is 6.07 Å². The predicted octanol–water partition coefficient (Wildman–Crippen LogP) is 2.99. The maximum absolute atomic E-state index is 13.1. The van der Waals surface area contributed by atoms with Crippen LogP contribution in [0.3, 0.4) is 0 Å². The average Bonchev–Trinajstić information content (AvgIpc) is 2.81. The Kier molecular flexibility index (Phi) is 6.10. The van der Waals surface area contributed by atoms with Crippen LogP contribution < -0.4 is 14.5 Å². The van der Waals surface area contributed by atoms with Crippen molar-refractivity contribution in [3.8, 4) is 5.75 Å². The molecule has 0 bridgehead atoms. The van der Waals surface area contributed by atoms with E-state index in [0.717, 1.165) is 17.9 Å². The predicted molar refractivity (Wildman–Crippen MR) is 125 cm³/mol. The number of sulfonamides is 1. The largest absolute Gasteiger partial charge is 0.497 e. The normalized spacial score (nSPS) is 17.6. The Hall–Kier alpha value is -3.07. The van der Waals surface area contributed by atoms with Gasteiger partial charge < -0.3 is 19.4 Å². The van der Waals surface area contributed by atoms with Gasteiger partial charge in [0.15, 0.2) is 0 Å². The van der Waals surface area contributed by atoms with Crippen molar-refractivity contribution in [2.24, 2.45) is 4.40 Å². The number of amidine groups is 1. The lowest BCUT2D eigenvalue weighted by atomic mass is 10.1. The fourth-order valence-electron chi connectivity index (χ4n) is 4.17. The van der Waals surface area contributed by atoms with Gasteiger partial charge in [0.2, 0.25) is 0 Å². The summed E-state index contributed by atoms with van der Waals surface area (Å²) in [4.78, 5) is 19.1. The van der Waals surface area contributed by atoms with Crippen LogP contribution in [0, 0.1) is 0 Å². The summed E-state index contributed by atoms with van der Waals surface area (Å²) < 4.78 is 34.5. The minimum Gasteiger partial charge on any atom is -0.497 e. The van der Waals surface area contributed by atoms with Gasteiger partial charge in [-0.1, -0.05) is 6.92 Å². The zero-order valence-corrected chi connectivity index (χ0v) is 19.4. The van der Waals surface area contributed by atoms with Crippen molar-refractivity contribution in [3.05, 3.63) is 48.0 Å². The number of carbonyl (C=O) groups is 1. The van der Waals surface area contributed by atoms with E-state index >= 15 is 0 Å². The van der Waals surface area contributed by atoms with Gasteiger partial charge in [-0.2, -0.15) is 8.42 Å². The third kappa shape index (κ3) is 4.17. The first-order valence-corrected chi connectivity index (χ1v) is 12.2. The van der Waals surface area contributed by atoms with Crippen molar-refractivity contribution in [2.75, 3.05) is 49.6 Å². The Morgan fingerprint density at radius 3 is 2.38 bits per heavy atom. The Bertz CT molecular complexity index is 1140. The van der Waals surface area contributed by atoms with Gasteiger partial charge in [0.25, 0.3) is 15.9 Å². The molecule has 0 aliphatic carbocycles. The van der Waals surface area contributed by atoms with E-state index in [-0.39, 0.29) is 10.8 Å². The number of hydrogen-bond donors (Lipinski definition) is 0. The number of anilines is 2. The van der Waals surface area contributed by atoms with E-state index in [1.54, 1.807) is 31.1 Å². The van der Waals surface area contributed by atoms with Crippen LogP contribution in [-0.4, -0.2) is 64.9 Å².